The molecule has 12 heteroatoms. The predicted molar refractivity (Wildman–Crippen MR) is 167 cm³/mol. The van der Waals surface area contributed by atoms with E-state index in [0.717, 1.165) is 5.56 Å². The van der Waals surface area contributed by atoms with Gasteiger partial charge in [-0.1, -0.05) is 38.1 Å². The van der Waals surface area contributed by atoms with Crippen LogP contribution in [0.1, 0.15) is 37.4 Å². The van der Waals surface area contributed by atoms with Crippen LogP contribution < -0.4 is 15.8 Å². The van der Waals surface area contributed by atoms with Crippen LogP contribution in [0, 0.1) is 12.7 Å². The summed E-state index contributed by atoms with van der Waals surface area (Å²) in [6.45, 7) is 10.2. The number of amides is 2. The summed E-state index contributed by atoms with van der Waals surface area (Å²) in [5.74, 6) is -1.82. The first-order valence-corrected chi connectivity index (χ1v) is 14.6. The number of pyridine rings is 3. The van der Waals surface area contributed by atoms with E-state index in [-0.39, 0.29) is 64.1 Å². The minimum atomic E-state index is -0.738. The zero-order valence-electron chi connectivity index (χ0n) is 24.4. The summed E-state index contributed by atoms with van der Waals surface area (Å²) in [5, 5.41) is 13.9. The molecule has 226 valence electrons. The molecule has 10 nitrogen and oxygen atoms in total. The van der Waals surface area contributed by atoms with Crippen LogP contribution in [0.25, 0.3) is 28.0 Å². The molecular formula is C32H30ClFN6O4. The number of halogens is 2. The van der Waals surface area contributed by atoms with Gasteiger partial charge < -0.3 is 20.2 Å². The van der Waals surface area contributed by atoms with E-state index < -0.39 is 17.4 Å². The fourth-order valence-electron chi connectivity index (χ4n) is 6.15. The summed E-state index contributed by atoms with van der Waals surface area (Å²) in [5.41, 5.74) is 1.63. The summed E-state index contributed by atoms with van der Waals surface area (Å²) >= 11 is 6.79. The summed E-state index contributed by atoms with van der Waals surface area (Å²) in [6, 6.07) is 6.79. The largest absolute Gasteiger partial charge is 0.507 e. The molecule has 44 heavy (non-hydrogen) atoms. The Balaban J connectivity index is 1.74. The lowest BCUT2D eigenvalue weighted by molar-refractivity contribution is -0.127. The van der Waals surface area contributed by atoms with Crippen LogP contribution in [0.3, 0.4) is 0 Å². The van der Waals surface area contributed by atoms with Gasteiger partial charge in [0.25, 0.3) is 5.56 Å². The molecule has 1 fully saturated rings. The molecule has 1 saturated heterocycles. The van der Waals surface area contributed by atoms with Gasteiger partial charge in [-0.3, -0.25) is 23.9 Å². The zero-order chi connectivity index (χ0) is 31.4. The van der Waals surface area contributed by atoms with Crippen molar-refractivity contribution >= 4 is 45.8 Å². The number of carbonyl (C=O) groups is 2. The molecule has 2 aliphatic rings. The zero-order valence-corrected chi connectivity index (χ0v) is 25.2. The second kappa shape index (κ2) is 11.1. The van der Waals surface area contributed by atoms with Crippen molar-refractivity contribution in [2.75, 3.05) is 29.9 Å². The Morgan fingerprint density at radius 2 is 2.00 bits per heavy atom. The number of fused-ring (bicyclic) bond motifs is 5. The maximum atomic E-state index is 15.1. The van der Waals surface area contributed by atoms with E-state index in [1.54, 1.807) is 23.2 Å². The van der Waals surface area contributed by atoms with Crippen molar-refractivity contribution in [1.82, 2.24) is 19.4 Å². The average molecular weight is 617 g/mol. The standard InChI is InChI=1S/C32H30ClFN6O4/c1-5-24(43)38-11-12-39-18(15-38)13-23(42)36-28-30(39)19-14-20(33)27(25-21(34)7-6-8-22(25)41)37-31(19)40(32(28)44)29-17(4)9-10-35-26(29)16(2)3/h5-10,14,16,18,41H,1,11-13,15H2,2-4H3,(H,36,42)/t18-/m0/s1. The lowest BCUT2D eigenvalue weighted by Crippen LogP contribution is -2.55. The third kappa shape index (κ3) is 4.68. The fraction of sp³-hybridized carbons (Fsp3) is 0.281. The Hall–Kier alpha value is -4.77. The normalized spacial score (nSPS) is 16.4. The van der Waals surface area contributed by atoms with Gasteiger partial charge in [-0.15, -0.1) is 0 Å². The van der Waals surface area contributed by atoms with Gasteiger partial charge in [0.1, 0.15) is 17.3 Å². The molecular weight excluding hydrogens is 587 g/mol. The van der Waals surface area contributed by atoms with Crippen LogP contribution in [-0.4, -0.2) is 62.0 Å². The number of nitrogens with one attached hydrogen (secondary N) is 1. The first-order valence-electron chi connectivity index (χ1n) is 14.2. The SMILES string of the molecule is C=CC(=O)N1CCN2c3c(c(=O)n(-c4c(C)ccnc4C(C)C)c4nc(-c5c(O)cccc5F)c(Cl)cc34)NC(=O)C[C@H]2C1. The molecule has 4 aromatic rings. The number of hydrogen-bond acceptors (Lipinski definition) is 7. The van der Waals surface area contributed by atoms with Crippen molar-refractivity contribution < 1.29 is 19.1 Å². The number of anilines is 2. The van der Waals surface area contributed by atoms with Gasteiger partial charge in [0.05, 0.1) is 39.4 Å². The Morgan fingerprint density at radius 1 is 1.23 bits per heavy atom. The topological polar surface area (TPSA) is 121 Å². The second-order valence-electron chi connectivity index (χ2n) is 11.3. The van der Waals surface area contributed by atoms with Gasteiger partial charge >= 0.3 is 0 Å². The van der Waals surface area contributed by atoms with E-state index in [0.29, 0.717) is 35.5 Å². The highest BCUT2D eigenvalue weighted by Gasteiger charge is 2.38. The summed E-state index contributed by atoms with van der Waals surface area (Å²) in [7, 11) is 0. The number of aromatic hydroxyl groups is 1. The Bertz CT molecular complexity index is 1920. The van der Waals surface area contributed by atoms with Gasteiger partial charge in [-0.2, -0.15) is 0 Å². The van der Waals surface area contributed by atoms with Crippen molar-refractivity contribution in [3.8, 4) is 22.7 Å². The molecule has 0 bridgehead atoms. The average Bonchev–Trinajstić information content (AvgIpc) is 3.13. The number of benzene rings is 1. The van der Waals surface area contributed by atoms with Gasteiger partial charge in [0, 0.05) is 37.6 Å². The van der Waals surface area contributed by atoms with E-state index in [1.807, 2.05) is 25.7 Å². The molecule has 0 saturated carbocycles. The van der Waals surface area contributed by atoms with Crippen molar-refractivity contribution in [1.29, 1.82) is 0 Å². The van der Waals surface area contributed by atoms with E-state index in [2.05, 4.69) is 16.9 Å². The first kappa shape index (κ1) is 29.3. The number of phenols is 1. The smallest absolute Gasteiger partial charge is 0.282 e. The highest BCUT2D eigenvalue weighted by atomic mass is 35.5. The number of carbonyl (C=O) groups excluding carboxylic acids is 2. The van der Waals surface area contributed by atoms with Gasteiger partial charge in [0.2, 0.25) is 11.8 Å². The van der Waals surface area contributed by atoms with Crippen molar-refractivity contribution in [2.45, 2.75) is 39.2 Å². The van der Waals surface area contributed by atoms with E-state index in [9.17, 15) is 19.5 Å². The fourth-order valence-corrected chi connectivity index (χ4v) is 6.40. The van der Waals surface area contributed by atoms with Crippen LogP contribution in [0.15, 0.2) is 54.0 Å². The molecule has 0 radical (unpaired) electrons. The Kier molecular flexibility index (Phi) is 7.36. The van der Waals surface area contributed by atoms with Crippen LogP contribution >= 0.6 is 11.6 Å². The van der Waals surface area contributed by atoms with Crippen LogP contribution in [0.4, 0.5) is 15.8 Å². The molecule has 2 aliphatic heterocycles. The molecule has 3 aromatic heterocycles. The van der Waals surface area contributed by atoms with Crippen LogP contribution in [-0.2, 0) is 9.59 Å². The first-order chi connectivity index (χ1) is 21.0. The van der Waals surface area contributed by atoms with Gasteiger partial charge in [-0.25, -0.2) is 9.37 Å². The number of aromatic nitrogens is 3. The van der Waals surface area contributed by atoms with Crippen molar-refractivity contribution in [3.05, 3.63) is 81.6 Å². The quantitative estimate of drug-likeness (QED) is 0.312. The highest BCUT2D eigenvalue weighted by molar-refractivity contribution is 6.34. The molecule has 1 aromatic carbocycles. The minimum absolute atomic E-state index is 0.0298. The number of rotatable bonds is 4. The van der Waals surface area contributed by atoms with Gasteiger partial charge in [0.15, 0.2) is 5.65 Å². The minimum Gasteiger partial charge on any atom is -0.507 e. The van der Waals surface area contributed by atoms with E-state index in [4.69, 9.17) is 16.6 Å². The van der Waals surface area contributed by atoms with Crippen molar-refractivity contribution in [3.63, 3.8) is 0 Å². The maximum Gasteiger partial charge on any atom is 0.282 e. The van der Waals surface area contributed by atoms with Crippen LogP contribution in [0.5, 0.6) is 5.75 Å². The van der Waals surface area contributed by atoms with E-state index in [1.165, 1.54) is 28.8 Å². The van der Waals surface area contributed by atoms with Crippen LogP contribution in [0.2, 0.25) is 5.02 Å². The molecule has 5 heterocycles. The predicted octanol–water partition coefficient (Wildman–Crippen LogP) is 4.92. The molecule has 6 rings (SSSR count). The monoisotopic (exact) mass is 616 g/mol. The molecule has 1 atom stereocenters. The molecule has 2 amide bonds. The summed E-state index contributed by atoms with van der Waals surface area (Å²) in [6.07, 6.45) is 2.93. The molecule has 0 aliphatic carbocycles. The number of nitrogens with zero attached hydrogens (tertiary/aromatic N) is 5. The second-order valence-corrected chi connectivity index (χ2v) is 11.7. The Morgan fingerprint density at radius 3 is 2.70 bits per heavy atom. The van der Waals surface area contributed by atoms with E-state index >= 15 is 4.39 Å². The lowest BCUT2D eigenvalue weighted by atomic mass is 10.0. The molecule has 0 spiro atoms. The number of piperazine rings is 1. The third-order valence-corrected chi connectivity index (χ3v) is 8.46. The third-order valence-electron chi connectivity index (χ3n) is 8.17. The summed E-state index contributed by atoms with van der Waals surface area (Å²) in [4.78, 5) is 53.3. The van der Waals surface area contributed by atoms with Gasteiger partial charge in [-0.05, 0) is 48.7 Å². The number of aryl methyl sites for hydroxylation is 1. The van der Waals surface area contributed by atoms with Crippen molar-refractivity contribution in [2.24, 2.45) is 0 Å². The molecule has 0 unspecified atom stereocenters. The Labute approximate surface area is 257 Å². The number of phenolic OH excluding ortho intramolecular Hbond substituents is 1. The lowest BCUT2D eigenvalue weighted by Gasteiger charge is -2.42. The summed E-state index contributed by atoms with van der Waals surface area (Å²) < 4.78 is 16.5. The number of hydrogen-bond donors (Lipinski definition) is 2. The molecule has 2 N–H and O–H groups in total. The highest BCUT2D eigenvalue weighted by Crippen LogP contribution is 2.43. The maximum absolute atomic E-state index is 15.1.